The Bertz CT molecular complexity index is 1950. The third-order valence-corrected chi connectivity index (χ3v) is 10.7. The van der Waals surface area contributed by atoms with Gasteiger partial charge in [0.1, 0.15) is 48.9 Å². The summed E-state index contributed by atoms with van der Waals surface area (Å²) in [7, 11) is 0. The second-order valence-electron chi connectivity index (χ2n) is 12.0. The molecule has 4 aromatic heterocycles. The van der Waals surface area contributed by atoms with Gasteiger partial charge in [-0.05, 0) is 20.8 Å². The van der Waals surface area contributed by atoms with E-state index in [1.807, 2.05) is 20.8 Å². The largest absolute Gasteiger partial charge is 0.386 e. The molecule has 254 valence electrons. The van der Waals surface area contributed by atoms with Gasteiger partial charge < -0.3 is 30.7 Å². The van der Waals surface area contributed by atoms with Crippen molar-refractivity contribution in [3.05, 3.63) is 25.3 Å². The van der Waals surface area contributed by atoms with Crippen LogP contribution in [0, 0.1) is 0 Å². The van der Waals surface area contributed by atoms with Gasteiger partial charge in [-0.1, -0.05) is 24.5 Å². The average molecular weight is 733 g/mol. The molecule has 0 aromatic carbocycles. The highest BCUT2D eigenvalue weighted by molar-refractivity contribution is 8.44. The average Bonchev–Trinajstić information content (AvgIpc) is 3.69. The van der Waals surface area contributed by atoms with Crippen molar-refractivity contribution < 1.29 is 46.9 Å². The Labute approximate surface area is 276 Å². The molecule has 7 rings (SSSR count). The quantitative estimate of drug-likeness (QED) is 0.129. The molecule has 3 aliphatic heterocycles. The van der Waals surface area contributed by atoms with Crippen LogP contribution in [0.15, 0.2) is 25.3 Å². The number of aliphatic hydroxyl groups excluding tert-OH is 1. The number of fused-ring (bicyclic) bond motifs is 4. The topological polar surface area (TPSA) is 255 Å². The second-order valence-corrected chi connectivity index (χ2v) is 17.7. The standard InChI is InChI=1S/C23H30N10O10P2S2/c1-22(2,3)31-18-13-20(28-7-26-18)33(9-30-13)23(35)16-11(41-23)5-39-44(36,46)42-15-10(4-38-45(37,47)43-16)40-21(14(15)34)32-8-29-12-17(24)25-6-27-19(12)32/h6-11,14-16,21,34-35H,4-5H2,1-3H3,(H,36,46)(H,37,47)(H2,24,25,27)(H,26,28,31)/t10?,11?,14?,15?,16-,21?,23?,44?,45?/m0/s1. The number of nitrogen functional groups attached to an aromatic ring is 1. The zero-order valence-electron chi connectivity index (χ0n) is 24.8. The van der Waals surface area contributed by atoms with Gasteiger partial charge in [-0.15, -0.1) is 0 Å². The molecule has 3 fully saturated rings. The summed E-state index contributed by atoms with van der Waals surface area (Å²) in [6.45, 7) is -3.86. The Morgan fingerprint density at radius 1 is 0.957 bits per heavy atom. The fourth-order valence-corrected chi connectivity index (χ4v) is 8.40. The van der Waals surface area contributed by atoms with Gasteiger partial charge >= 0.3 is 13.6 Å². The van der Waals surface area contributed by atoms with Gasteiger partial charge in [0.2, 0.25) is 0 Å². The molecule has 0 spiro atoms. The summed E-state index contributed by atoms with van der Waals surface area (Å²) < 4.78 is 63.8. The molecule has 0 bridgehead atoms. The van der Waals surface area contributed by atoms with Crippen LogP contribution in [0.2, 0.25) is 0 Å². The Kier molecular flexibility index (Phi) is 8.13. The first kappa shape index (κ1) is 33.1. The molecule has 8 unspecified atom stereocenters. The number of nitrogens with two attached hydrogens (primary N) is 1. The van der Waals surface area contributed by atoms with Crippen molar-refractivity contribution in [3.8, 4) is 0 Å². The number of nitrogens with one attached hydrogen (secondary N) is 1. The van der Waals surface area contributed by atoms with E-state index in [1.54, 1.807) is 0 Å². The number of hydrogen-bond acceptors (Lipinski definition) is 18. The van der Waals surface area contributed by atoms with E-state index < -0.39 is 69.5 Å². The van der Waals surface area contributed by atoms with Gasteiger partial charge in [-0.25, -0.2) is 39.0 Å². The van der Waals surface area contributed by atoms with Crippen LogP contribution in [0.4, 0.5) is 11.6 Å². The smallest absolute Gasteiger partial charge is 0.386 e. The SMILES string of the molecule is CC(C)(C)Nc1ncnc2c1ncn2C1(O)OC2COP(=O)(S)OC3C(COP(=O)(S)O[C@@H]21)OC(n1cnc2c(N)ncnc21)C3O. The van der Waals surface area contributed by atoms with E-state index in [2.05, 4.69) is 59.7 Å². The first-order chi connectivity index (χ1) is 22.1. The van der Waals surface area contributed by atoms with Crippen molar-refractivity contribution >= 4 is 72.1 Å². The highest BCUT2D eigenvalue weighted by atomic mass is 32.7. The normalized spacial score (nSPS) is 36.7. The van der Waals surface area contributed by atoms with Crippen LogP contribution < -0.4 is 11.1 Å². The Balaban J connectivity index is 1.17. The van der Waals surface area contributed by atoms with E-state index in [0.29, 0.717) is 11.3 Å². The molecule has 0 saturated carbocycles. The number of ether oxygens (including phenoxy) is 2. The molecule has 20 nitrogen and oxygen atoms in total. The molecule has 4 aromatic rings. The van der Waals surface area contributed by atoms with E-state index in [-0.39, 0.29) is 28.2 Å². The summed E-state index contributed by atoms with van der Waals surface area (Å²) in [5.74, 6) is -1.85. The number of thiol groups is 2. The van der Waals surface area contributed by atoms with Crippen LogP contribution in [0.3, 0.4) is 0 Å². The maximum absolute atomic E-state index is 13.6. The second kappa shape index (κ2) is 11.6. The number of rotatable bonds is 3. The van der Waals surface area contributed by atoms with E-state index in [1.165, 1.54) is 29.9 Å². The summed E-state index contributed by atoms with van der Waals surface area (Å²) in [6, 6.07) is 0. The first-order valence-corrected chi connectivity index (χ1v) is 19.4. The van der Waals surface area contributed by atoms with E-state index >= 15 is 0 Å². The van der Waals surface area contributed by atoms with E-state index in [9.17, 15) is 19.3 Å². The lowest BCUT2D eigenvalue weighted by molar-refractivity contribution is -0.426. The minimum absolute atomic E-state index is 0.101. The lowest BCUT2D eigenvalue weighted by Crippen LogP contribution is -2.67. The molecule has 9 atom stereocenters. The number of nitrogens with zero attached hydrogens (tertiary/aromatic N) is 8. The predicted octanol–water partition coefficient (Wildman–Crippen LogP) is 1.61. The van der Waals surface area contributed by atoms with E-state index in [0.717, 1.165) is 4.57 Å². The molecule has 47 heavy (non-hydrogen) atoms. The van der Waals surface area contributed by atoms with Gasteiger partial charge in [0.05, 0.1) is 19.5 Å². The summed E-state index contributed by atoms with van der Waals surface area (Å²) in [5.41, 5.74) is 6.47. The van der Waals surface area contributed by atoms with Crippen LogP contribution in [0.1, 0.15) is 27.0 Å². The third kappa shape index (κ3) is 6.04. The van der Waals surface area contributed by atoms with Crippen molar-refractivity contribution in [2.75, 3.05) is 24.3 Å². The van der Waals surface area contributed by atoms with Crippen molar-refractivity contribution in [1.82, 2.24) is 39.0 Å². The Morgan fingerprint density at radius 2 is 1.62 bits per heavy atom. The molecule has 3 saturated heterocycles. The predicted molar refractivity (Wildman–Crippen MR) is 168 cm³/mol. The van der Waals surface area contributed by atoms with Crippen LogP contribution in [0.5, 0.6) is 0 Å². The molecular formula is C23H30N10O10P2S2. The fourth-order valence-electron chi connectivity index (χ4n) is 5.45. The molecule has 3 aliphatic rings. The van der Waals surface area contributed by atoms with Crippen molar-refractivity contribution in [3.63, 3.8) is 0 Å². The summed E-state index contributed by atoms with van der Waals surface area (Å²) in [4.78, 5) is 25.1. The van der Waals surface area contributed by atoms with Crippen molar-refractivity contribution in [1.29, 1.82) is 0 Å². The van der Waals surface area contributed by atoms with Crippen LogP contribution >= 0.6 is 38.1 Å². The van der Waals surface area contributed by atoms with Gasteiger partial charge in [0.25, 0.3) is 5.91 Å². The van der Waals surface area contributed by atoms with Gasteiger partial charge in [-0.3, -0.25) is 27.2 Å². The van der Waals surface area contributed by atoms with E-state index in [4.69, 9.17) is 33.3 Å². The highest BCUT2D eigenvalue weighted by Crippen LogP contribution is 2.61. The Morgan fingerprint density at radius 3 is 2.36 bits per heavy atom. The minimum atomic E-state index is -4.33. The molecule has 24 heteroatoms. The number of anilines is 2. The van der Waals surface area contributed by atoms with Crippen LogP contribution in [-0.4, -0.2) is 98.5 Å². The van der Waals surface area contributed by atoms with Crippen LogP contribution in [0.25, 0.3) is 22.3 Å². The molecule has 0 aliphatic carbocycles. The van der Waals surface area contributed by atoms with Crippen LogP contribution in [-0.2, 0) is 42.6 Å². The van der Waals surface area contributed by atoms with Gasteiger partial charge in [0, 0.05) is 5.54 Å². The third-order valence-electron chi connectivity index (χ3n) is 7.48. The highest BCUT2D eigenvalue weighted by Gasteiger charge is 2.62. The number of imidazole rings is 2. The Hall–Kier alpha value is -2.46. The molecule has 0 amide bonds. The van der Waals surface area contributed by atoms with Gasteiger partial charge in [-0.2, -0.15) is 0 Å². The monoisotopic (exact) mass is 732 g/mol. The number of hydrogen-bond donors (Lipinski definition) is 6. The lowest BCUT2D eigenvalue weighted by atomic mass is 10.0. The van der Waals surface area contributed by atoms with Crippen molar-refractivity contribution in [2.24, 2.45) is 0 Å². The first-order valence-electron chi connectivity index (χ1n) is 14.0. The summed E-state index contributed by atoms with van der Waals surface area (Å²) in [6.07, 6.45) is -2.91. The molecule has 7 heterocycles. The minimum Gasteiger partial charge on any atom is -0.386 e. The number of aliphatic hydroxyl groups is 2. The fraction of sp³-hybridized carbons (Fsp3) is 0.565. The molecule has 0 radical (unpaired) electrons. The molecular weight excluding hydrogens is 702 g/mol. The lowest BCUT2D eigenvalue weighted by Gasteiger charge is -2.50. The molecule has 5 N–H and O–H groups in total. The van der Waals surface area contributed by atoms with Crippen molar-refractivity contribution in [2.45, 2.75) is 69.0 Å². The van der Waals surface area contributed by atoms with Gasteiger partial charge in [0.15, 0.2) is 40.8 Å². The summed E-state index contributed by atoms with van der Waals surface area (Å²) >= 11 is 8.21. The summed E-state index contributed by atoms with van der Waals surface area (Å²) in [5, 5.41) is 26.2. The maximum atomic E-state index is 13.6. The maximum Gasteiger partial charge on any atom is 0.386 e. The zero-order valence-corrected chi connectivity index (χ0v) is 28.4. The number of aromatic nitrogens is 8. The zero-order chi connectivity index (χ0) is 33.5.